The Morgan fingerprint density at radius 1 is 1.14 bits per heavy atom. The molecule has 0 radical (unpaired) electrons. The van der Waals surface area contributed by atoms with Gasteiger partial charge in [0.25, 0.3) is 5.91 Å². The van der Waals surface area contributed by atoms with Gasteiger partial charge >= 0.3 is 0 Å². The van der Waals surface area contributed by atoms with Gasteiger partial charge in [0.15, 0.2) is 0 Å². The van der Waals surface area contributed by atoms with E-state index in [9.17, 15) is 4.79 Å². The van der Waals surface area contributed by atoms with Gasteiger partial charge in [-0.2, -0.15) is 10.1 Å². The molecule has 0 saturated heterocycles. The van der Waals surface area contributed by atoms with Gasteiger partial charge in [-0.15, -0.1) is 0 Å². The van der Waals surface area contributed by atoms with E-state index in [-0.39, 0.29) is 11.6 Å². The monoisotopic (exact) mass is 375 g/mol. The topological polar surface area (TPSA) is 125 Å². The van der Waals surface area contributed by atoms with Crippen LogP contribution in [0.2, 0.25) is 0 Å². The lowest BCUT2D eigenvalue weighted by Crippen LogP contribution is -2.14. The fraction of sp³-hybridized carbons (Fsp3) is 0.105. The van der Waals surface area contributed by atoms with Crippen LogP contribution >= 0.6 is 0 Å². The minimum absolute atomic E-state index is 0.271. The molecule has 0 aliphatic heterocycles. The first-order valence-corrected chi connectivity index (χ1v) is 8.46. The second-order valence-electron chi connectivity index (χ2n) is 6.23. The molecule has 1 aromatic carbocycles. The molecule has 3 aromatic heterocycles. The van der Waals surface area contributed by atoms with Gasteiger partial charge in [0.2, 0.25) is 11.7 Å². The Labute approximate surface area is 160 Å². The number of carbonyl (C=O) groups excluding carboxylic acids is 1. The molecule has 3 heterocycles. The van der Waals surface area contributed by atoms with E-state index in [4.69, 9.17) is 10.3 Å². The Kier molecular flexibility index (Phi) is 4.32. The summed E-state index contributed by atoms with van der Waals surface area (Å²) >= 11 is 0. The van der Waals surface area contributed by atoms with Crippen LogP contribution in [0.3, 0.4) is 0 Å². The van der Waals surface area contributed by atoms with E-state index in [2.05, 4.69) is 25.5 Å². The average Bonchev–Trinajstić information content (AvgIpc) is 3.32. The molecule has 4 rings (SSSR count). The number of hydrogen-bond donors (Lipinski definition) is 2. The van der Waals surface area contributed by atoms with E-state index in [1.165, 1.54) is 0 Å². The standard InChI is InChI=1S/C19H17N7O2/c1-11-23-18(25-28-11)12-3-5-15(20)17(7-12)24-19(27)16-6-4-13(8-21-16)14-9-22-26(2)10-14/h3-10H,20H2,1-2H3,(H,24,27). The first-order chi connectivity index (χ1) is 13.5. The molecule has 0 aliphatic carbocycles. The molecule has 9 nitrogen and oxygen atoms in total. The van der Waals surface area contributed by atoms with Crippen molar-refractivity contribution >= 4 is 17.3 Å². The zero-order valence-corrected chi connectivity index (χ0v) is 15.2. The van der Waals surface area contributed by atoms with Gasteiger partial charge in [0.05, 0.1) is 17.6 Å². The quantitative estimate of drug-likeness (QED) is 0.525. The SMILES string of the molecule is Cc1nc(-c2ccc(N)c(NC(=O)c3ccc(-c4cnn(C)c4)cn3)c2)no1. The van der Waals surface area contributed by atoms with Gasteiger partial charge in [-0.05, 0) is 24.3 Å². The fourth-order valence-corrected chi connectivity index (χ4v) is 2.68. The first kappa shape index (κ1) is 17.4. The van der Waals surface area contributed by atoms with Crippen molar-refractivity contribution in [2.75, 3.05) is 11.1 Å². The molecule has 0 atom stereocenters. The molecule has 0 saturated carbocycles. The number of anilines is 2. The van der Waals surface area contributed by atoms with Crippen molar-refractivity contribution in [2.24, 2.45) is 7.05 Å². The van der Waals surface area contributed by atoms with Crippen LogP contribution in [0.5, 0.6) is 0 Å². The third-order valence-electron chi connectivity index (χ3n) is 4.12. The molecule has 1 amide bonds. The predicted octanol–water partition coefficient (Wildman–Crippen LogP) is 2.68. The van der Waals surface area contributed by atoms with E-state index in [1.807, 2.05) is 19.3 Å². The molecule has 4 aromatic rings. The average molecular weight is 375 g/mol. The maximum absolute atomic E-state index is 12.6. The number of carbonyl (C=O) groups is 1. The highest BCUT2D eigenvalue weighted by Gasteiger charge is 2.13. The number of pyridine rings is 1. The summed E-state index contributed by atoms with van der Waals surface area (Å²) in [6.07, 6.45) is 5.25. The van der Waals surface area contributed by atoms with E-state index < -0.39 is 0 Å². The fourth-order valence-electron chi connectivity index (χ4n) is 2.68. The number of nitrogen functional groups attached to an aromatic ring is 1. The van der Waals surface area contributed by atoms with Crippen LogP contribution in [-0.2, 0) is 7.05 Å². The van der Waals surface area contributed by atoms with E-state index in [0.717, 1.165) is 11.1 Å². The third-order valence-corrected chi connectivity index (χ3v) is 4.12. The van der Waals surface area contributed by atoms with Gasteiger partial charge < -0.3 is 15.6 Å². The Bertz CT molecular complexity index is 1150. The number of amides is 1. The summed E-state index contributed by atoms with van der Waals surface area (Å²) in [6, 6.07) is 8.61. The van der Waals surface area contributed by atoms with Crippen molar-refractivity contribution in [3.05, 3.63) is 60.5 Å². The van der Waals surface area contributed by atoms with Crippen molar-refractivity contribution in [2.45, 2.75) is 6.92 Å². The van der Waals surface area contributed by atoms with Crippen molar-refractivity contribution in [3.63, 3.8) is 0 Å². The number of nitrogens with zero attached hydrogens (tertiary/aromatic N) is 5. The summed E-state index contributed by atoms with van der Waals surface area (Å²) in [7, 11) is 1.84. The summed E-state index contributed by atoms with van der Waals surface area (Å²) in [5, 5.41) is 10.8. The lowest BCUT2D eigenvalue weighted by atomic mass is 10.1. The van der Waals surface area contributed by atoms with Crippen molar-refractivity contribution in [1.29, 1.82) is 0 Å². The van der Waals surface area contributed by atoms with Crippen LogP contribution < -0.4 is 11.1 Å². The summed E-state index contributed by atoms with van der Waals surface area (Å²) in [4.78, 5) is 21.0. The Morgan fingerprint density at radius 2 is 1.96 bits per heavy atom. The predicted molar refractivity (Wildman–Crippen MR) is 103 cm³/mol. The number of nitrogens with two attached hydrogens (primary N) is 1. The van der Waals surface area contributed by atoms with E-state index in [0.29, 0.717) is 28.7 Å². The van der Waals surface area contributed by atoms with Crippen LogP contribution in [0.15, 0.2) is 53.4 Å². The van der Waals surface area contributed by atoms with Gasteiger partial charge in [0.1, 0.15) is 5.69 Å². The Hall–Kier alpha value is -4.01. The maximum Gasteiger partial charge on any atom is 0.274 e. The molecule has 9 heteroatoms. The van der Waals surface area contributed by atoms with Crippen LogP contribution in [0.4, 0.5) is 11.4 Å². The van der Waals surface area contributed by atoms with Gasteiger partial charge in [-0.25, -0.2) is 0 Å². The lowest BCUT2D eigenvalue weighted by Gasteiger charge is -2.09. The first-order valence-electron chi connectivity index (χ1n) is 8.46. The normalized spacial score (nSPS) is 10.8. The minimum Gasteiger partial charge on any atom is -0.397 e. The second kappa shape index (κ2) is 6.95. The molecule has 0 aliphatic rings. The Morgan fingerprint density at radius 3 is 2.61 bits per heavy atom. The molecular formula is C19H17N7O2. The molecule has 0 unspecified atom stereocenters. The van der Waals surface area contributed by atoms with Crippen LogP contribution in [-0.4, -0.2) is 30.8 Å². The molecular weight excluding hydrogens is 358 g/mol. The third kappa shape index (κ3) is 3.45. The molecule has 0 spiro atoms. The molecule has 0 fully saturated rings. The summed E-state index contributed by atoms with van der Waals surface area (Å²) in [5.41, 5.74) is 9.61. The van der Waals surface area contributed by atoms with Crippen LogP contribution in [0.1, 0.15) is 16.4 Å². The van der Waals surface area contributed by atoms with Gasteiger partial charge in [-0.3, -0.25) is 14.5 Å². The number of nitrogens with one attached hydrogen (secondary N) is 1. The highest BCUT2D eigenvalue weighted by molar-refractivity contribution is 6.05. The smallest absolute Gasteiger partial charge is 0.274 e. The van der Waals surface area contributed by atoms with Gasteiger partial charge in [0, 0.05) is 43.1 Å². The largest absolute Gasteiger partial charge is 0.397 e. The second-order valence-corrected chi connectivity index (χ2v) is 6.23. The lowest BCUT2D eigenvalue weighted by molar-refractivity contribution is 0.102. The molecule has 3 N–H and O–H groups in total. The minimum atomic E-state index is -0.370. The molecule has 0 bridgehead atoms. The number of hydrogen-bond acceptors (Lipinski definition) is 7. The van der Waals surface area contributed by atoms with E-state index >= 15 is 0 Å². The number of aryl methyl sites for hydroxylation is 2. The Balaban J connectivity index is 1.55. The zero-order chi connectivity index (χ0) is 19.7. The van der Waals surface area contributed by atoms with E-state index in [1.54, 1.807) is 48.3 Å². The summed E-state index contributed by atoms with van der Waals surface area (Å²) in [6.45, 7) is 1.71. The summed E-state index contributed by atoms with van der Waals surface area (Å²) in [5.74, 6) is 0.508. The number of aromatic nitrogens is 5. The number of benzene rings is 1. The van der Waals surface area contributed by atoms with Crippen LogP contribution in [0, 0.1) is 6.92 Å². The van der Waals surface area contributed by atoms with Crippen molar-refractivity contribution < 1.29 is 9.32 Å². The van der Waals surface area contributed by atoms with Gasteiger partial charge in [-0.1, -0.05) is 11.2 Å². The maximum atomic E-state index is 12.6. The van der Waals surface area contributed by atoms with Crippen molar-refractivity contribution in [3.8, 4) is 22.5 Å². The zero-order valence-electron chi connectivity index (χ0n) is 15.2. The van der Waals surface area contributed by atoms with Crippen molar-refractivity contribution in [1.82, 2.24) is 24.9 Å². The molecule has 140 valence electrons. The van der Waals surface area contributed by atoms with Crippen LogP contribution in [0.25, 0.3) is 22.5 Å². The number of rotatable bonds is 4. The highest BCUT2D eigenvalue weighted by Crippen LogP contribution is 2.26. The highest BCUT2D eigenvalue weighted by atomic mass is 16.5. The summed E-state index contributed by atoms with van der Waals surface area (Å²) < 4.78 is 6.70. The molecule has 28 heavy (non-hydrogen) atoms.